The molecule has 0 saturated carbocycles. The molecule has 1 heterocycles. The molecule has 1 rings (SSSR count). The van der Waals surface area contributed by atoms with Gasteiger partial charge in [-0.1, -0.05) is 20.8 Å². The fourth-order valence-corrected chi connectivity index (χ4v) is 1.73. The molecule has 1 aromatic heterocycles. The molecule has 0 bridgehead atoms. The van der Waals surface area contributed by atoms with Crippen molar-refractivity contribution in [1.29, 1.82) is 0 Å². The first-order valence-electron chi connectivity index (χ1n) is 5.76. The lowest BCUT2D eigenvalue weighted by molar-refractivity contribution is -0.138. The maximum absolute atomic E-state index is 12.7. The van der Waals surface area contributed by atoms with E-state index in [1.165, 1.54) is 6.20 Å². The van der Waals surface area contributed by atoms with E-state index in [4.69, 9.17) is 11.6 Å². The van der Waals surface area contributed by atoms with E-state index >= 15 is 0 Å². The van der Waals surface area contributed by atoms with Crippen molar-refractivity contribution in [2.45, 2.75) is 45.2 Å². The highest BCUT2D eigenvalue weighted by molar-refractivity contribution is 6.21. The van der Waals surface area contributed by atoms with E-state index in [0.717, 1.165) is 12.3 Å². The Morgan fingerprint density at radius 1 is 1.28 bits per heavy atom. The second kappa shape index (κ2) is 5.47. The van der Waals surface area contributed by atoms with Crippen LogP contribution in [0.15, 0.2) is 18.5 Å². The van der Waals surface area contributed by atoms with Crippen LogP contribution in [0, 0.1) is 5.41 Å². The van der Waals surface area contributed by atoms with E-state index in [1.54, 1.807) is 0 Å². The molecular formula is C13H17ClF3N. The molecule has 1 unspecified atom stereocenters. The maximum Gasteiger partial charge on any atom is 0.416 e. The average Bonchev–Trinajstić information content (AvgIpc) is 2.23. The van der Waals surface area contributed by atoms with Crippen LogP contribution in [-0.2, 0) is 12.6 Å². The highest BCUT2D eigenvalue weighted by atomic mass is 35.5. The highest BCUT2D eigenvalue weighted by Crippen LogP contribution is 2.33. The summed E-state index contributed by atoms with van der Waals surface area (Å²) in [6, 6.07) is 1.01. The lowest BCUT2D eigenvalue weighted by Gasteiger charge is -2.25. The van der Waals surface area contributed by atoms with Gasteiger partial charge in [-0.2, -0.15) is 13.2 Å². The molecule has 0 aliphatic carbocycles. The molecule has 5 heteroatoms. The number of rotatable bonds is 3. The van der Waals surface area contributed by atoms with Crippen molar-refractivity contribution in [3.05, 3.63) is 29.6 Å². The van der Waals surface area contributed by atoms with Crippen molar-refractivity contribution < 1.29 is 13.2 Å². The molecule has 0 fully saturated rings. The fraction of sp³-hybridized carbons (Fsp3) is 0.615. The van der Waals surface area contributed by atoms with Gasteiger partial charge in [0.25, 0.3) is 0 Å². The van der Waals surface area contributed by atoms with Crippen molar-refractivity contribution in [2.24, 2.45) is 5.41 Å². The first-order valence-corrected chi connectivity index (χ1v) is 6.20. The van der Waals surface area contributed by atoms with Gasteiger partial charge in [-0.15, -0.1) is 11.6 Å². The molecule has 0 N–H and O–H groups in total. The summed E-state index contributed by atoms with van der Waals surface area (Å²) in [5.41, 5.74) is -0.530. The Labute approximate surface area is 110 Å². The Morgan fingerprint density at radius 3 is 2.39 bits per heavy atom. The SMILES string of the molecule is CC(C)(C)C(Cl)CCc1cnccc1C(F)(F)F. The molecule has 1 nitrogen and oxygen atoms in total. The summed E-state index contributed by atoms with van der Waals surface area (Å²) in [5, 5.41) is -0.168. The van der Waals surface area contributed by atoms with E-state index in [9.17, 15) is 13.2 Å². The van der Waals surface area contributed by atoms with Gasteiger partial charge >= 0.3 is 6.18 Å². The first-order chi connectivity index (χ1) is 8.12. The molecule has 0 radical (unpaired) electrons. The molecule has 0 amide bonds. The van der Waals surface area contributed by atoms with Gasteiger partial charge in [0.15, 0.2) is 0 Å². The van der Waals surface area contributed by atoms with Crippen molar-refractivity contribution >= 4 is 11.6 Å². The van der Waals surface area contributed by atoms with E-state index in [-0.39, 0.29) is 22.8 Å². The third-order valence-corrected chi connectivity index (χ3v) is 3.69. The van der Waals surface area contributed by atoms with Gasteiger partial charge in [-0.25, -0.2) is 0 Å². The minimum atomic E-state index is -4.33. The van der Waals surface area contributed by atoms with Gasteiger partial charge in [0, 0.05) is 17.8 Å². The Bertz CT molecular complexity index is 396. The Kier molecular flexibility index (Phi) is 4.65. The molecule has 1 atom stereocenters. The monoisotopic (exact) mass is 279 g/mol. The van der Waals surface area contributed by atoms with Crippen molar-refractivity contribution in [3.8, 4) is 0 Å². The largest absolute Gasteiger partial charge is 0.416 e. The molecule has 0 aliphatic rings. The molecule has 0 aromatic carbocycles. The van der Waals surface area contributed by atoms with E-state index in [2.05, 4.69) is 4.98 Å². The second-order valence-corrected chi connectivity index (χ2v) is 5.93. The average molecular weight is 280 g/mol. The normalized spacial score (nSPS) is 14.6. The maximum atomic E-state index is 12.7. The smallest absolute Gasteiger partial charge is 0.264 e. The summed E-state index contributed by atoms with van der Waals surface area (Å²) in [6.07, 6.45) is -1.11. The van der Waals surface area contributed by atoms with E-state index in [1.807, 2.05) is 20.8 Å². The number of hydrogen-bond donors (Lipinski definition) is 0. The number of aryl methyl sites for hydroxylation is 1. The summed E-state index contributed by atoms with van der Waals surface area (Å²) in [7, 11) is 0. The van der Waals surface area contributed by atoms with Gasteiger partial charge in [-0.3, -0.25) is 4.98 Å². The third-order valence-electron chi connectivity index (χ3n) is 2.82. The minimum absolute atomic E-state index is 0.123. The highest BCUT2D eigenvalue weighted by Gasteiger charge is 2.33. The number of alkyl halides is 4. The summed E-state index contributed by atoms with van der Waals surface area (Å²) in [6.45, 7) is 5.91. The number of aromatic nitrogens is 1. The van der Waals surface area contributed by atoms with Gasteiger partial charge in [-0.05, 0) is 29.9 Å². The summed E-state index contributed by atoms with van der Waals surface area (Å²) in [5.74, 6) is 0. The number of pyridine rings is 1. The zero-order valence-electron chi connectivity index (χ0n) is 10.7. The zero-order chi connectivity index (χ0) is 14.0. The van der Waals surface area contributed by atoms with Gasteiger partial charge < -0.3 is 0 Å². The van der Waals surface area contributed by atoms with Gasteiger partial charge in [0.05, 0.1) is 5.56 Å². The lowest BCUT2D eigenvalue weighted by Crippen LogP contribution is -2.21. The van der Waals surface area contributed by atoms with Crippen LogP contribution in [0.25, 0.3) is 0 Å². The van der Waals surface area contributed by atoms with Crippen LogP contribution >= 0.6 is 11.6 Å². The zero-order valence-corrected chi connectivity index (χ0v) is 11.4. The van der Waals surface area contributed by atoms with Crippen LogP contribution in [0.5, 0.6) is 0 Å². The van der Waals surface area contributed by atoms with Crippen molar-refractivity contribution in [2.75, 3.05) is 0 Å². The number of halogens is 4. The van der Waals surface area contributed by atoms with Crippen LogP contribution in [0.4, 0.5) is 13.2 Å². The predicted octanol–water partition coefficient (Wildman–Crippen LogP) is 4.69. The van der Waals surface area contributed by atoms with E-state index in [0.29, 0.717) is 6.42 Å². The Balaban J connectivity index is 2.80. The third kappa shape index (κ3) is 4.16. The van der Waals surface area contributed by atoms with E-state index < -0.39 is 11.7 Å². The molecule has 0 spiro atoms. The standard InChI is InChI=1S/C13H17ClF3N/c1-12(2,3)11(14)5-4-9-8-18-7-6-10(9)13(15,16)17/h6-8,11H,4-5H2,1-3H3. The predicted molar refractivity (Wildman–Crippen MR) is 66.7 cm³/mol. The molecule has 102 valence electrons. The van der Waals surface area contributed by atoms with Crippen LogP contribution in [0.3, 0.4) is 0 Å². The minimum Gasteiger partial charge on any atom is -0.264 e. The second-order valence-electron chi connectivity index (χ2n) is 5.40. The van der Waals surface area contributed by atoms with Crippen molar-refractivity contribution in [1.82, 2.24) is 4.98 Å². The fourth-order valence-electron chi connectivity index (χ4n) is 1.62. The number of hydrogen-bond acceptors (Lipinski definition) is 1. The van der Waals surface area contributed by atoms with Crippen LogP contribution in [-0.4, -0.2) is 10.4 Å². The Hall–Kier alpha value is -0.770. The summed E-state index contributed by atoms with van der Waals surface area (Å²) in [4.78, 5) is 3.76. The summed E-state index contributed by atoms with van der Waals surface area (Å²) < 4.78 is 38.2. The lowest BCUT2D eigenvalue weighted by atomic mass is 9.88. The van der Waals surface area contributed by atoms with Crippen LogP contribution in [0.2, 0.25) is 0 Å². The number of nitrogens with zero attached hydrogens (tertiary/aromatic N) is 1. The molecular weight excluding hydrogens is 263 g/mol. The van der Waals surface area contributed by atoms with Crippen LogP contribution in [0.1, 0.15) is 38.3 Å². The quantitative estimate of drug-likeness (QED) is 0.732. The molecule has 0 aliphatic heterocycles. The van der Waals surface area contributed by atoms with Gasteiger partial charge in [0.1, 0.15) is 0 Å². The van der Waals surface area contributed by atoms with Gasteiger partial charge in [0.2, 0.25) is 0 Å². The molecule has 1 aromatic rings. The topological polar surface area (TPSA) is 12.9 Å². The van der Waals surface area contributed by atoms with Crippen LogP contribution < -0.4 is 0 Å². The summed E-state index contributed by atoms with van der Waals surface area (Å²) >= 11 is 6.17. The molecule has 0 saturated heterocycles. The van der Waals surface area contributed by atoms with Crippen molar-refractivity contribution in [3.63, 3.8) is 0 Å². The Morgan fingerprint density at radius 2 is 1.89 bits per heavy atom. The molecule has 18 heavy (non-hydrogen) atoms. The first kappa shape index (κ1) is 15.3.